The molecule has 0 radical (unpaired) electrons. The molecule has 0 spiro atoms. The topological polar surface area (TPSA) is 56.5 Å². The van der Waals surface area contributed by atoms with Gasteiger partial charge in [-0.2, -0.15) is 0 Å². The molecule has 6 rings (SSSR count). The van der Waals surface area contributed by atoms with Crippen LogP contribution in [0.25, 0.3) is 11.8 Å². The zero-order valence-corrected chi connectivity index (χ0v) is 18.9. The van der Waals surface area contributed by atoms with Crippen LogP contribution in [0.15, 0.2) is 88.4 Å². The molecule has 1 atom stereocenters. The second kappa shape index (κ2) is 7.98. The number of pyridine rings is 1. The van der Waals surface area contributed by atoms with Gasteiger partial charge in [0.1, 0.15) is 5.75 Å². The number of fused-ring (bicyclic) bond motifs is 3. The van der Waals surface area contributed by atoms with Crippen molar-refractivity contribution in [3.05, 3.63) is 121 Å². The van der Waals surface area contributed by atoms with Crippen LogP contribution in [0.5, 0.6) is 5.75 Å². The van der Waals surface area contributed by atoms with Crippen LogP contribution >= 0.6 is 11.3 Å². The van der Waals surface area contributed by atoms with Gasteiger partial charge in [-0.1, -0.05) is 47.7 Å². The van der Waals surface area contributed by atoms with Gasteiger partial charge in [-0.05, 0) is 65.4 Å². The van der Waals surface area contributed by atoms with Crippen molar-refractivity contribution in [1.29, 1.82) is 0 Å². The third-order valence-electron chi connectivity index (χ3n) is 6.29. The predicted octanol–water partition coefficient (Wildman–Crippen LogP) is 3.72. The summed E-state index contributed by atoms with van der Waals surface area (Å²) in [5.41, 5.74) is 6.62. The van der Waals surface area contributed by atoms with Crippen molar-refractivity contribution in [2.45, 2.75) is 18.9 Å². The molecular formula is C27H21N3O2S. The highest BCUT2D eigenvalue weighted by atomic mass is 32.1. The molecule has 0 saturated heterocycles. The fourth-order valence-corrected chi connectivity index (χ4v) is 5.75. The standard InChI is InChI=1S/C27H21N3O2S/c1-32-20-7-4-6-19(16-20)25-22-10-9-18-5-2-3-8-21(18)24(22)29-27-30(25)26(31)23(33-27)15-17-11-13-28-14-12-17/h2-8,11-16,25H,9-10H2,1H3/b23-15+. The average Bonchev–Trinajstić information content (AvgIpc) is 3.17. The number of aromatic nitrogens is 2. The lowest BCUT2D eigenvalue weighted by Crippen LogP contribution is -2.38. The molecule has 1 aliphatic heterocycles. The van der Waals surface area contributed by atoms with Crippen molar-refractivity contribution in [2.24, 2.45) is 4.99 Å². The maximum Gasteiger partial charge on any atom is 0.271 e. The highest BCUT2D eigenvalue weighted by Gasteiger charge is 2.32. The third-order valence-corrected chi connectivity index (χ3v) is 7.27. The minimum absolute atomic E-state index is 0.0196. The lowest BCUT2D eigenvalue weighted by molar-refractivity contribution is 0.413. The van der Waals surface area contributed by atoms with Crippen molar-refractivity contribution in [1.82, 2.24) is 9.55 Å². The lowest BCUT2D eigenvalue weighted by Gasteiger charge is -2.31. The van der Waals surface area contributed by atoms with Crippen molar-refractivity contribution in [2.75, 3.05) is 7.11 Å². The molecule has 2 aromatic carbocycles. The monoisotopic (exact) mass is 451 g/mol. The van der Waals surface area contributed by atoms with Crippen LogP contribution in [-0.2, 0) is 6.42 Å². The Kier molecular flexibility index (Phi) is 4.80. The van der Waals surface area contributed by atoms with E-state index in [-0.39, 0.29) is 11.6 Å². The summed E-state index contributed by atoms with van der Waals surface area (Å²) in [5, 5.41) is 0. The number of methoxy groups -OCH3 is 1. The van der Waals surface area contributed by atoms with Gasteiger partial charge in [-0.15, -0.1) is 0 Å². The van der Waals surface area contributed by atoms with E-state index in [1.165, 1.54) is 28.0 Å². The Hall–Kier alpha value is -3.77. The summed E-state index contributed by atoms with van der Waals surface area (Å²) < 4.78 is 8.03. The Morgan fingerprint density at radius 2 is 1.91 bits per heavy atom. The Labute approximate surface area is 194 Å². The molecular weight excluding hydrogens is 430 g/mol. The number of hydrogen-bond donors (Lipinski definition) is 0. The van der Waals surface area contributed by atoms with Crippen LogP contribution in [0.3, 0.4) is 0 Å². The Morgan fingerprint density at radius 1 is 1.06 bits per heavy atom. The molecule has 0 amide bonds. The second-order valence-electron chi connectivity index (χ2n) is 8.17. The van der Waals surface area contributed by atoms with Gasteiger partial charge in [0.25, 0.3) is 5.56 Å². The minimum Gasteiger partial charge on any atom is -0.497 e. The molecule has 2 aromatic heterocycles. The highest BCUT2D eigenvalue weighted by Crippen LogP contribution is 2.41. The maximum atomic E-state index is 13.7. The molecule has 1 aliphatic carbocycles. The number of thiazole rings is 1. The molecule has 0 fully saturated rings. The normalized spacial score (nSPS) is 17.1. The van der Waals surface area contributed by atoms with Crippen LogP contribution in [0.1, 0.15) is 34.7 Å². The molecule has 3 heterocycles. The molecule has 0 bridgehead atoms. The summed E-state index contributed by atoms with van der Waals surface area (Å²) in [4.78, 5) is 23.5. The van der Waals surface area contributed by atoms with Gasteiger partial charge in [0.05, 0.1) is 23.4 Å². The van der Waals surface area contributed by atoms with Gasteiger partial charge in [0.2, 0.25) is 0 Å². The summed E-state index contributed by atoms with van der Waals surface area (Å²) in [7, 11) is 1.67. The van der Waals surface area contributed by atoms with Crippen LogP contribution in [-0.4, -0.2) is 16.7 Å². The maximum absolute atomic E-state index is 13.7. The first-order valence-corrected chi connectivity index (χ1v) is 11.7. The second-order valence-corrected chi connectivity index (χ2v) is 9.18. The van der Waals surface area contributed by atoms with Gasteiger partial charge < -0.3 is 4.74 Å². The zero-order valence-electron chi connectivity index (χ0n) is 18.1. The van der Waals surface area contributed by atoms with Crippen LogP contribution < -0.4 is 19.6 Å². The highest BCUT2D eigenvalue weighted by molar-refractivity contribution is 7.07. The molecule has 0 saturated carbocycles. The molecule has 162 valence electrons. The molecule has 4 aromatic rings. The van der Waals surface area contributed by atoms with E-state index in [4.69, 9.17) is 9.73 Å². The number of allylic oxidation sites excluding steroid dienone is 1. The molecule has 5 nitrogen and oxygen atoms in total. The zero-order chi connectivity index (χ0) is 22.4. The van der Waals surface area contributed by atoms with Gasteiger partial charge in [0, 0.05) is 18.0 Å². The number of aryl methyl sites for hydroxylation is 1. The van der Waals surface area contributed by atoms with Crippen molar-refractivity contribution in [3.63, 3.8) is 0 Å². The molecule has 0 N–H and O–H groups in total. The quantitative estimate of drug-likeness (QED) is 0.477. The SMILES string of the molecule is COc1cccc(C2C3=C(N=c4s/c(=C/c5ccncc5)c(=O)n42)c2ccccc2CC3)c1. The van der Waals surface area contributed by atoms with E-state index in [0.29, 0.717) is 4.53 Å². The third kappa shape index (κ3) is 3.34. The first kappa shape index (κ1) is 19.9. The van der Waals surface area contributed by atoms with E-state index in [1.54, 1.807) is 19.5 Å². The van der Waals surface area contributed by atoms with Gasteiger partial charge in [-0.25, -0.2) is 4.99 Å². The predicted molar refractivity (Wildman–Crippen MR) is 130 cm³/mol. The van der Waals surface area contributed by atoms with E-state index in [1.807, 2.05) is 41.0 Å². The van der Waals surface area contributed by atoms with Crippen molar-refractivity contribution < 1.29 is 4.74 Å². The van der Waals surface area contributed by atoms with Crippen LogP contribution in [0.4, 0.5) is 0 Å². The fourth-order valence-electron chi connectivity index (χ4n) is 4.75. The minimum atomic E-state index is -0.209. The fraction of sp³-hybridized carbons (Fsp3) is 0.148. The average molecular weight is 452 g/mol. The molecule has 1 unspecified atom stereocenters. The molecule has 33 heavy (non-hydrogen) atoms. The summed E-state index contributed by atoms with van der Waals surface area (Å²) in [5.74, 6) is 0.779. The van der Waals surface area contributed by atoms with Gasteiger partial charge in [-0.3, -0.25) is 14.3 Å². The summed E-state index contributed by atoms with van der Waals surface area (Å²) in [6.45, 7) is 0. The number of ether oxygens (including phenoxy) is 1. The number of nitrogens with zero attached hydrogens (tertiary/aromatic N) is 3. The summed E-state index contributed by atoms with van der Waals surface area (Å²) >= 11 is 1.44. The largest absolute Gasteiger partial charge is 0.497 e. The van der Waals surface area contributed by atoms with Gasteiger partial charge in [0.15, 0.2) is 4.80 Å². The van der Waals surface area contributed by atoms with E-state index < -0.39 is 0 Å². The first-order valence-electron chi connectivity index (χ1n) is 10.9. The molecule has 2 aliphatic rings. The summed E-state index contributed by atoms with van der Waals surface area (Å²) in [6, 6.07) is 20.1. The van der Waals surface area contributed by atoms with E-state index in [9.17, 15) is 4.79 Å². The van der Waals surface area contributed by atoms with E-state index >= 15 is 0 Å². The lowest BCUT2D eigenvalue weighted by atomic mass is 9.83. The Morgan fingerprint density at radius 3 is 2.76 bits per heavy atom. The van der Waals surface area contributed by atoms with E-state index in [0.717, 1.165) is 40.2 Å². The first-order chi connectivity index (χ1) is 16.2. The molecule has 6 heteroatoms. The van der Waals surface area contributed by atoms with Gasteiger partial charge >= 0.3 is 0 Å². The van der Waals surface area contributed by atoms with Crippen molar-refractivity contribution in [3.8, 4) is 5.75 Å². The van der Waals surface area contributed by atoms with E-state index in [2.05, 4.69) is 35.3 Å². The summed E-state index contributed by atoms with van der Waals surface area (Å²) in [6.07, 6.45) is 7.19. The number of hydrogen-bond acceptors (Lipinski definition) is 5. The number of benzene rings is 2. The number of rotatable bonds is 3. The Bertz CT molecular complexity index is 1580. The smallest absolute Gasteiger partial charge is 0.271 e. The van der Waals surface area contributed by atoms with Crippen LogP contribution in [0, 0.1) is 0 Å². The Balaban J connectivity index is 1.64. The van der Waals surface area contributed by atoms with Crippen molar-refractivity contribution >= 4 is 23.1 Å². The van der Waals surface area contributed by atoms with Crippen LogP contribution in [0.2, 0.25) is 0 Å².